The molecule has 0 aromatic heterocycles. The molecule has 0 fully saturated rings. The van der Waals surface area contributed by atoms with Crippen molar-refractivity contribution in [1.82, 2.24) is 16.0 Å². The van der Waals surface area contributed by atoms with Crippen LogP contribution in [0, 0.1) is 6.92 Å². The molecule has 0 heterocycles. The highest BCUT2D eigenvalue weighted by Crippen LogP contribution is 2.16. The number of carbonyl (C=O) groups excluding carboxylic acids is 3. The van der Waals surface area contributed by atoms with Gasteiger partial charge < -0.3 is 21.3 Å². The van der Waals surface area contributed by atoms with Gasteiger partial charge in [0.1, 0.15) is 0 Å². The molecule has 0 atom stereocenters. The Morgan fingerprint density at radius 1 is 0.889 bits per heavy atom. The zero-order chi connectivity index (χ0) is 19.8. The number of amides is 4. The molecule has 2 aromatic rings. The van der Waals surface area contributed by atoms with Crippen molar-refractivity contribution in [2.75, 3.05) is 18.9 Å². The fraction of sp³-hybridized carbons (Fsp3) is 0.250. The van der Waals surface area contributed by atoms with E-state index in [1.165, 1.54) is 0 Å². The van der Waals surface area contributed by atoms with Gasteiger partial charge in [-0.05, 0) is 55.3 Å². The lowest BCUT2D eigenvalue weighted by Gasteiger charge is -2.11. The van der Waals surface area contributed by atoms with Crippen LogP contribution in [0.2, 0.25) is 0 Å². The van der Waals surface area contributed by atoms with E-state index in [-0.39, 0.29) is 17.8 Å². The fourth-order valence-corrected chi connectivity index (χ4v) is 2.47. The summed E-state index contributed by atoms with van der Waals surface area (Å²) < 4.78 is 0. The van der Waals surface area contributed by atoms with Crippen LogP contribution in [0.5, 0.6) is 0 Å². The Balaban J connectivity index is 1.92. The summed E-state index contributed by atoms with van der Waals surface area (Å²) >= 11 is 0. The highest BCUT2D eigenvalue weighted by atomic mass is 16.2. The molecule has 7 nitrogen and oxygen atoms in total. The molecule has 142 valence electrons. The number of aryl methyl sites for hydroxylation is 1. The van der Waals surface area contributed by atoms with E-state index in [2.05, 4.69) is 21.3 Å². The Hall–Kier alpha value is -3.35. The Bertz CT molecular complexity index is 832. The van der Waals surface area contributed by atoms with E-state index in [0.717, 1.165) is 11.1 Å². The van der Waals surface area contributed by atoms with Crippen molar-refractivity contribution < 1.29 is 14.4 Å². The van der Waals surface area contributed by atoms with Crippen LogP contribution in [0.1, 0.15) is 38.8 Å². The third kappa shape index (κ3) is 5.57. The quantitative estimate of drug-likeness (QED) is 0.630. The van der Waals surface area contributed by atoms with Crippen LogP contribution >= 0.6 is 0 Å². The van der Waals surface area contributed by atoms with Crippen molar-refractivity contribution in [3.63, 3.8) is 0 Å². The van der Waals surface area contributed by atoms with Gasteiger partial charge >= 0.3 is 6.03 Å². The number of carbonyl (C=O) groups is 3. The van der Waals surface area contributed by atoms with Crippen molar-refractivity contribution in [3.8, 4) is 0 Å². The molecule has 2 rings (SSSR count). The van der Waals surface area contributed by atoms with Crippen molar-refractivity contribution in [2.24, 2.45) is 0 Å². The molecule has 0 aliphatic carbocycles. The molecule has 0 bridgehead atoms. The summed E-state index contributed by atoms with van der Waals surface area (Å²) in [6, 6.07) is 11.8. The predicted octanol–water partition coefficient (Wildman–Crippen LogP) is 2.43. The number of anilines is 1. The molecular formula is C20H24N4O3. The average Bonchev–Trinajstić information content (AvgIpc) is 2.68. The van der Waals surface area contributed by atoms with Gasteiger partial charge in [-0.2, -0.15) is 0 Å². The molecule has 27 heavy (non-hydrogen) atoms. The molecule has 0 aliphatic rings. The lowest BCUT2D eigenvalue weighted by Crippen LogP contribution is -2.28. The Morgan fingerprint density at radius 2 is 1.56 bits per heavy atom. The first-order chi connectivity index (χ1) is 12.9. The van der Waals surface area contributed by atoms with Crippen LogP contribution in [0.4, 0.5) is 10.5 Å². The minimum Gasteiger partial charge on any atom is -0.355 e. The molecule has 0 unspecified atom stereocenters. The minimum atomic E-state index is -0.348. The van der Waals surface area contributed by atoms with Crippen LogP contribution < -0.4 is 21.3 Å². The highest BCUT2D eigenvalue weighted by molar-refractivity contribution is 5.96. The SMILES string of the molecule is CCNC(=O)c1ccc(NC(=O)NCc2ccc(C(=O)NC)cc2)c(C)c1. The van der Waals surface area contributed by atoms with Gasteiger partial charge in [-0.15, -0.1) is 0 Å². The van der Waals surface area contributed by atoms with Crippen molar-refractivity contribution in [2.45, 2.75) is 20.4 Å². The van der Waals surface area contributed by atoms with Gasteiger partial charge in [0, 0.05) is 37.0 Å². The molecular weight excluding hydrogens is 344 g/mol. The normalized spacial score (nSPS) is 10.0. The zero-order valence-corrected chi connectivity index (χ0v) is 15.7. The zero-order valence-electron chi connectivity index (χ0n) is 15.7. The molecule has 0 spiro atoms. The summed E-state index contributed by atoms with van der Waals surface area (Å²) in [5, 5.41) is 10.8. The summed E-state index contributed by atoms with van der Waals surface area (Å²) in [5.74, 6) is -0.296. The van der Waals surface area contributed by atoms with E-state index < -0.39 is 0 Å². The number of rotatable bonds is 6. The molecule has 4 N–H and O–H groups in total. The summed E-state index contributed by atoms with van der Waals surface area (Å²) in [7, 11) is 1.58. The minimum absolute atomic E-state index is 0.142. The van der Waals surface area contributed by atoms with Gasteiger partial charge in [0.05, 0.1) is 0 Å². The number of benzene rings is 2. The summed E-state index contributed by atoms with van der Waals surface area (Å²) in [6.07, 6.45) is 0. The van der Waals surface area contributed by atoms with E-state index >= 15 is 0 Å². The summed E-state index contributed by atoms with van der Waals surface area (Å²) in [5.41, 5.74) is 3.42. The molecule has 4 amide bonds. The Morgan fingerprint density at radius 3 is 2.15 bits per heavy atom. The van der Waals surface area contributed by atoms with E-state index in [4.69, 9.17) is 0 Å². The topological polar surface area (TPSA) is 99.3 Å². The number of urea groups is 1. The first-order valence-corrected chi connectivity index (χ1v) is 8.69. The van der Waals surface area contributed by atoms with E-state index in [0.29, 0.717) is 29.9 Å². The van der Waals surface area contributed by atoms with Gasteiger partial charge in [-0.1, -0.05) is 12.1 Å². The van der Waals surface area contributed by atoms with E-state index in [9.17, 15) is 14.4 Å². The Labute approximate surface area is 158 Å². The predicted molar refractivity (Wildman–Crippen MR) is 105 cm³/mol. The second kappa shape index (κ2) is 9.38. The lowest BCUT2D eigenvalue weighted by atomic mass is 10.1. The Kier molecular flexibility index (Phi) is 6.93. The van der Waals surface area contributed by atoms with Crippen molar-refractivity contribution in [1.29, 1.82) is 0 Å². The van der Waals surface area contributed by atoms with Gasteiger partial charge in [0.2, 0.25) is 0 Å². The fourth-order valence-electron chi connectivity index (χ4n) is 2.47. The molecule has 0 radical (unpaired) electrons. The first kappa shape index (κ1) is 20.0. The van der Waals surface area contributed by atoms with Crippen LogP contribution in [0.25, 0.3) is 0 Å². The molecule has 0 saturated heterocycles. The van der Waals surface area contributed by atoms with Crippen LogP contribution in [0.3, 0.4) is 0 Å². The van der Waals surface area contributed by atoms with Crippen molar-refractivity contribution >= 4 is 23.5 Å². The van der Waals surface area contributed by atoms with Crippen LogP contribution in [-0.4, -0.2) is 31.4 Å². The maximum atomic E-state index is 12.1. The van der Waals surface area contributed by atoms with Crippen molar-refractivity contribution in [3.05, 3.63) is 64.7 Å². The molecule has 0 saturated carbocycles. The van der Waals surface area contributed by atoms with Crippen LogP contribution in [-0.2, 0) is 6.54 Å². The molecule has 0 aliphatic heterocycles. The largest absolute Gasteiger partial charge is 0.355 e. The molecule has 2 aromatic carbocycles. The summed E-state index contributed by atoms with van der Waals surface area (Å²) in [4.78, 5) is 35.5. The smallest absolute Gasteiger partial charge is 0.319 e. The monoisotopic (exact) mass is 368 g/mol. The first-order valence-electron chi connectivity index (χ1n) is 8.69. The number of hydrogen-bond donors (Lipinski definition) is 4. The highest BCUT2D eigenvalue weighted by Gasteiger charge is 2.09. The second-order valence-electron chi connectivity index (χ2n) is 5.97. The van der Waals surface area contributed by atoms with E-state index in [1.807, 2.05) is 13.8 Å². The average molecular weight is 368 g/mol. The van der Waals surface area contributed by atoms with Gasteiger partial charge in [-0.3, -0.25) is 9.59 Å². The maximum Gasteiger partial charge on any atom is 0.319 e. The third-order valence-corrected chi connectivity index (χ3v) is 3.97. The lowest BCUT2D eigenvalue weighted by molar-refractivity contribution is 0.0950. The third-order valence-electron chi connectivity index (χ3n) is 3.97. The van der Waals surface area contributed by atoms with Gasteiger partial charge in [-0.25, -0.2) is 4.79 Å². The summed E-state index contributed by atoms with van der Waals surface area (Å²) in [6.45, 7) is 4.58. The number of nitrogens with one attached hydrogen (secondary N) is 4. The maximum absolute atomic E-state index is 12.1. The standard InChI is InChI=1S/C20H24N4O3/c1-4-22-19(26)16-9-10-17(13(2)11-16)24-20(27)23-12-14-5-7-15(8-6-14)18(25)21-3/h5-11H,4,12H2,1-3H3,(H,21,25)(H,22,26)(H2,23,24,27). The number of hydrogen-bond acceptors (Lipinski definition) is 3. The van der Waals surface area contributed by atoms with Gasteiger partial charge in [0.15, 0.2) is 0 Å². The van der Waals surface area contributed by atoms with E-state index in [1.54, 1.807) is 49.5 Å². The van der Waals surface area contributed by atoms with Crippen LogP contribution in [0.15, 0.2) is 42.5 Å². The second-order valence-corrected chi connectivity index (χ2v) is 5.97. The van der Waals surface area contributed by atoms with Gasteiger partial charge in [0.25, 0.3) is 11.8 Å². The molecule has 7 heteroatoms.